The fraction of sp³-hybridized carbons (Fsp3) is 0.750. The molecule has 1 nitrogen and oxygen atoms in total. The van der Waals surface area contributed by atoms with Gasteiger partial charge in [0.25, 0.3) is 0 Å². The Morgan fingerprint density at radius 2 is 2.11 bits per heavy atom. The summed E-state index contributed by atoms with van der Waals surface area (Å²) >= 11 is 0. The number of hydrogen-bond acceptors (Lipinski definition) is 1. The van der Waals surface area contributed by atoms with Crippen LogP contribution in [0.2, 0.25) is 0 Å². The molecule has 0 aromatic rings. The Kier molecular flexibility index (Phi) is 2.73. The van der Waals surface area contributed by atoms with E-state index in [2.05, 4.69) is 5.92 Å². The van der Waals surface area contributed by atoms with Gasteiger partial charge in [0.1, 0.15) is 5.60 Å². The fourth-order valence-corrected chi connectivity index (χ4v) is 0.854. The molecule has 0 spiro atoms. The van der Waals surface area contributed by atoms with Crippen LogP contribution in [0.25, 0.3) is 0 Å². The Labute approximate surface area is 57.1 Å². The molecule has 0 saturated carbocycles. The lowest BCUT2D eigenvalue weighted by atomic mass is 9.95. The normalized spacial score (nSPS) is 16.9. The van der Waals surface area contributed by atoms with Crippen molar-refractivity contribution < 1.29 is 5.11 Å². The quantitative estimate of drug-likeness (QED) is 0.555. The lowest BCUT2D eigenvalue weighted by molar-refractivity contribution is 0.0978. The van der Waals surface area contributed by atoms with E-state index in [0.29, 0.717) is 12.3 Å². The minimum Gasteiger partial charge on any atom is -0.378 e. The van der Waals surface area contributed by atoms with E-state index >= 15 is 0 Å². The van der Waals surface area contributed by atoms with Gasteiger partial charge >= 0.3 is 0 Å². The van der Waals surface area contributed by atoms with Gasteiger partial charge in [-0.25, -0.2) is 0 Å². The number of terminal acetylenes is 1. The highest BCUT2D eigenvalue weighted by molar-refractivity contribution is 5.04. The Hall–Kier alpha value is -0.480. The maximum absolute atomic E-state index is 9.26. The molecule has 0 bridgehead atoms. The van der Waals surface area contributed by atoms with Crippen molar-refractivity contribution in [3.63, 3.8) is 0 Å². The lowest BCUT2D eigenvalue weighted by Gasteiger charge is -2.17. The van der Waals surface area contributed by atoms with Gasteiger partial charge in [0.05, 0.1) is 0 Å². The van der Waals surface area contributed by atoms with Gasteiger partial charge in [0, 0.05) is 0 Å². The SMILES string of the molecule is C#C[C@](C)(O)CC(C)C. The molecule has 1 heteroatoms. The van der Waals surface area contributed by atoms with Gasteiger partial charge < -0.3 is 5.11 Å². The average Bonchev–Trinajstić information content (AvgIpc) is 1.63. The lowest BCUT2D eigenvalue weighted by Crippen LogP contribution is -2.23. The topological polar surface area (TPSA) is 20.2 Å². The molecule has 0 aliphatic carbocycles. The molecule has 0 aromatic heterocycles. The molecule has 0 rings (SSSR count). The van der Waals surface area contributed by atoms with Gasteiger partial charge in [0.2, 0.25) is 0 Å². The van der Waals surface area contributed by atoms with Crippen LogP contribution < -0.4 is 0 Å². The van der Waals surface area contributed by atoms with Crippen molar-refractivity contribution >= 4 is 0 Å². The fourth-order valence-electron chi connectivity index (χ4n) is 0.854. The van der Waals surface area contributed by atoms with E-state index in [-0.39, 0.29) is 0 Å². The maximum Gasteiger partial charge on any atom is 0.122 e. The molecule has 9 heavy (non-hydrogen) atoms. The Balaban J connectivity index is 3.76. The molecule has 52 valence electrons. The molecular weight excluding hydrogens is 112 g/mol. The van der Waals surface area contributed by atoms with Crippen LogP contribution in [0.4, 0.5) is 0 Å². The first-order valence-corrected chi connectivity index (χ1v) is 3.18. The van der Waals surface area contributed by atoms with E-state index in [4.69, 9.17) is 6.42 Å². The second-order valence-corrected chi connectivity index (χ2v) is 3.02. The molecule has 0 heterocycles. The van der Waals surface area contributed by atoms with Gasteiger partial charge in [-0.05, 0) is 19.3 Å². The van der Waals surface area contributed by atoms with Gasteiger partial charge in [0.15, 0.2) is 0 Å². The summed E-state index contributed by atoms with van der Waals surface area (Å²) in [7, 11) is 0. The van der Waals surface area contributed by atoms with Gasteiger partial charge in [-0.15, -0.1) is 6.42 Å². The van der Waals surface area contributed by atoms with Crippen LogP contribution in [-0.4, -0.2) is 10.7 Å². The summed E-state index contributed by atoms with van der Waals surface area (Å²) in [5.41, 5.74) is -0.909. The van der Waals surface area contributed by atoms with E-state index in [9.17, 15) is 5.11 Å². The van der Waals surface area contributed by atoms with Gasteiger partial charge in [-0.3, -0.25) is 0 Å². The summed E-state index contributed by atoms with van der Waals surface area (Å²) in [5, 5.41) is 9.26. The summed E-state index contributed by atoms with van der Waals surface area (Å²) in [5.74, 6) is 2.78. The van der Waals surface area contributed by atoms with Crippen molar-refractivity contribution in [2.24, 2.45) is 5.92 Å². The summed E-state index contributed by atoms with van der Waals surface area (Å²) in [6.07, 6.45) is 5.72. The maximum atomic E-state index is 9.26. The first kappa shape index (κ1) is 8.52. The largest absolute Gasteiger partial charge is 0.378 e. The zero-order chi connectivity index (χ0) is 7.49. The Morgan fingerprint density at radius 3 is 2.22 bits per heavy atom. The van der Waals surface area contributed by atoms with Crippen LogP contribution in [0, 0.1) is 18.3 Å². The average molecular weight is 126 g/mol. The molecule has 1 atom stereocenters. The zero-order valence-electron chi connectivity index (χ0n) is 6.31. The Morgan fingerprint density at radius 1 is 1.67 bits per heavy atom. The van der Waals surface area contributed by atoms with Crippen molar-refractivity contribution in [3.8, 4) is 12.3 Å². The molecule has 0 aliphatic heterocycles. The second kappa shape index (κ2) is 2.89. The highest BCUT2D eigenvalue weighted by Gasteiger charge is 2.17. The molecule has 0 amide bonds. The monoisotopic (exact) mass is 126 g/mol. The summed E-state index contributed by atoms with van der Waals surface area (Å²) < 4.78 is 0. The first-order chi connectivity index (χ1) is 3.98. The van der Waals surface area contributed by atoms with Crippen molar-refractivity contribution in [2.75, 3.05) is 0 Å². The summed E-state index contributed by atoms with van der Waals surface area (Å²) in [6, 6.07) is 0. The predicted molar refractivity (Wildman–Crippen MR) is 38.9 cm³/mol. The van der Waals surface area contributed by atoms with E-state index < -0.39 is 5.60 Å². The molecule has 0 aliphatic rings. The second-order valence-electron chi connectivity index (χ2n) is 3.02. The highest BCUT2D eigenvalue weighted by Crippen LogP contribution is 2.13. The van der Waals surface area contributed by atoms with E-state index in [1.165, 1.54) is 0 Å². The predicted octanol–water partition coefficient (Wildman–Crippen LogP) is 1.42. The van der Waals surface area contributed by atoms with Gasteiger partial charge in [-0.2, -0.15) is 0 Å². The highest BCUT2D eigenvalue weighted by atomic mass is 16.3. The third kappa shape index (κ3) is 4.05. The van der Waals surface area contributed by atoms with E-state index in [0.717, 1.165) is 0 Å². The third-order valence-electron chi connectivity index (χ3n) is 1.12. The minimum absolute atomic E-state index is 0.455. The standard InChI is InChI=1S/C8H14O/c1-5-8(4,9)6-7(2)3/h1,7,9H,6H2,2-4H3/t8-/m0/s1. The van der Waals surface area contributed by atoms with Crippen molar-refractivity contribution in [3.05, 3.63) is 0 Å². The summed E-state index contributed by atoms with van der Waals surface area (Å²) in [4.78, 5) is 0. The van der Waals surface area contributed by atoms with Crippen LogP contribution >= 0.6 is 0 Å². The molecule has 0 fully saturated rings. The van der Waals surface area contributed by atoms with Crippen LogP contribution in [0.3, 0.4) is 0 Å². The molecule has 1 N–H and O–H groups in total. The molecule has 0 aromatic carbocycles. The van der Waals surface area contributed by atoms with E-state index in [1.54, 1.807) is 6.92 Å². The molecule has 0 unspecified atom stereocenters. The van der Waals surface area contributed by atoms with Crippen LogP contribution in [-0.2, 0) is 0 Å². The molecule has 0 saturated heterocycles. The van der Waals surface area contributed by atoms with Crippen molar-refractivity contribution in [2.45, 2.75) is 32.8 Å². The number of aliphatic hydroxyl groups is 1. The zero-order valence-corrected chi connectivity index (χ0v) is 6.31. The third-order valence-corrected chi connectivity index (χ3v) is 1.12. The van der Waals surface area contributed by atoms with E-state index in [1.807, 2.05) is 13.8 Å². The van der Waals surface area contributed by atoms with Gasteiger partial charge in [-0.1, -0.05) is 19.8 Å². The van der Waals surface area contributed by atoms with Crippen LogP contribution in [0.1, 0.15) is 27.2 Å². The minimum atomic E-state index is -0.909. The smallest absolute Gasteiger partial charge is 0.122 e. The Bertz CT molecular complexity index is 117. The molecule has 0 radical (unpaired) electrons. The van der Waals surface area contributed by atoms with Crippen LogP contribution in [0.15, 0.2) is 0 Å². The van der Waals surface area contributed by atoms with Crippen molar-refractivity contribution in [1.82, 2.24) is 0 Å². The summed E-state index contributed by atoms with van der Waals surface area (Å²) in [6.45, 7) is 5.73. The molecular formula is C8H14O. The number of hydrogen-bond donors (Lipinski definition) is 1. The van der Waals surface area contributed by atoms with Crippen LogP contribution in [0.5, 0.6) is 0 Å². The van der Waals surface area contributed by atoms with Crippen molar-refractivity contribution in [1.29, 1.82) is 0 Å². The number of rotatable bonds is 2. The first-order valence-electron chi connectivity index (χ1n) is 3.18.